The second-order valence-corrected chi connectivity index (χ2v) is 6.72. The lowest BCUT2D eigenvalue weighted by Gasteiger charge is -2.25. The molecule has 0 spiro atoms. The lowest BCUT2D eigenvalue weighted by Crippen LogP contribution is -2.32. The van der Waals surface area contributed by atoms with E-state index in [0.717, 1.165) is 50.7 Å². The molecule has 130 valence electrons. The normalized spacial score (nSPS) is 16.3. The summed E-state index contributed by atoms with van der Waals surface area (Å²) in [5.74, 6) is 1.82. The van der Waals surface area contributed by atoms with Crippen LogP contribution in [0.1, 0.15) is 23.2 Å². The molecule has 0 N–H and O–H groups in total. The molecule has 0 atom stereocenters. The SMILES string of the molecule is Cc1nc2ncnn2c(N2CCCN(Cc3ccccc3)CC2)c1C. The summed E-state index contributed by atoms with van der Waals surface area (Å²) in [7, 11) is 0. The smallest absolute Gasteiger partial charge is 0.254 e. The molecular formula is C19H24N6. The maximum Gasteiger partial charge on any atom is 0.254 e. The van der Waals surface area contributed by atoms with Gasteiger partial charge in [0.25, 0.3) is 5.78 Å². The summed E-state index contributed by atoms with van der Waals surface area (Å²) in [6.45, 7) is 9.39. The van der Waals surface area contributed by atoms with Crippen molar-refractivity contribution in [1.29, 1.82) is 0 Å². The van der Waals surface area contributed by atoms with Gasteiger partial charge in [-0.2, -0.15) is 14.6 Å². The van der Waals surface area contributed by atoms with E-state index in [1.807, 2.05) is 11.4 Å². The van der Waals surface area contributed by atoms with Crippen LogP contribution in [0.25, 0.3) is 5.78 Å². The Kier molecular flexibility index (Phi) is 4.36. The fourth-order valence-corrected chi connectivity index (χ4v) is 3.57. The van der Waals surface area contributed by atoms with Crippen molar-refractivity contribution in [3.63, 3.8) is 0 Å². The van der Waals surface area contributed by atoms with E-state index < -0.39 is 0 Å². The predicted molar refractivity (Wildman–Crippen MR) is 98.8 cm³/mol. The van der Waals surface area contributed by atoms with Gasteiger partial charge in [0, 0.05) is 44.0 Å². The van der Waals surface area contributed by atoms with E-state index in [4.69, 9.17) is 0 Å². The first-order chi connectivity index (χ1) is 12.2. The Balaban J connectivity index is 1.55. The number of aryl methyl sites for hydroxylation is 1. The lowest BCUT2D eigenvalue weighted by atomic mass is 10.2. The fraction of sp³-hybridized carbons (Fsp3) is 0.421. The van der Waals surface area contributed by atoms with Crippen LogP contribution in [-0.2, 0) is 6.54 Å². The molecule has 0 bridgehead atoms. The Bertz CT molecular complexity index is 857. The minimum Gasteiger partial charge on any atom is -0.355 e. The van der Waals surface area contributed by atoms with E-state index in [2.05, 4.69) is 62.1 Å². The lowest BCUT2D eigenvalue weighted by molar-refractivity contribution is 0.285. The third kappa shape index (κ3) is 3.22. The zero-order chi connectivity index (χ0) is 17.2. The van der Waals surface area contributed by atoms with Crippen LogP contribution in [0.4, 0.5) is 5.82 Å². The molecule has 25 heavy (non-hydrogen) atoms. The van der Waals surface area contributed by atoms with Crippen molar-refractivity contribution in [2.75, 3.05) is 31.1 Å². The summed E-state index contributed by atoms with van der Waals surface area (Å²) in [4.78, 5) is 13.8. The van der Waals surface area contributed by atoms with Crippen molar-refractivity contribution in [3.05, 3.63) is 53.5 Å². The molecule has 0 amide bonds. The first-order valence-electron chi connectivity index (χ1n) is 8.90. The number of fused-ring (bicyclic) bond motifs is 1. The Morgan fingerprint density at radius 2 is 1.84 bits per heavy atom. The molecule has 2 aromatic heterocycles. The van der Waals surface area contributed by atoms with Crippen molar-refractivity contribution in [2.24, 2.45) is 0 Å². The molecule has 1 fully saturated rings. The minimum atomic E-state index is 0.684. The molecule has 0 radical (unpaired) electrons. The van der Waals surface area contributed by atoms with E-state index in [1.165, 1.54) is 11.1 Å². The molecule has 1 aliphatic rings. The van der Waals surface area contributed by atoms with Crippen LogP contribution in [0.2, 0.25) is 0 Å². The molecule has 4 rings (SSSR count). The van der Waals surface area contributed by atoms with Crippen LogP contribution in [0.3, 0.4) is 0 Å². The Labute approximate surface area is 148 Å². The van der Waals surface area contributed by atoms with Gasteiger partial charge in [-0.3, -0.25) is 4.90 Å². The fourth-order valence-electron chi connectivity index (χ4n) is 3.57. The highest BCUT2D eigenvalue weighted by atomic mass is 15.4. The summed E-state index contributed by atoms with van der Waals surface area (Å²) < 4.78 is 1.88. The number of aromatic nitrogens is 4. The van der Waals surface area contributed by atoms with Crippen LogP contribution < -0.4 is 4.90 Å². The molecule has 6 nitrogen and oxygen atoms in total. The molecule has 3 heterocycles. The second kappa shape index (κ2) is 6.80. The van der Waals surface area contributed by atoms with Gasteiger partial charge in [-0.1, -0.05) is 30.3 Å². The first kappa shape index (κ1) is 16.0. The number of anilines is 1. The average molecular weight is 336 g/mol. The molecule has 1 aliphatic heterocycles. The molecule has 6 heteroatoms. The van der Waals surface area contributed by atoms with Crippen molar-refractivity contribution >= 4 is 11.6 Å². The Hall–Kier alpha value is -2.47. The third-order valence-corrected chi connectivity index (χ3v) is 5.01. The highest BCUT2D eigenvalue weighted by Crippen LogP contribution is 2.23. The van der Waals surface area contributed by atoms with E-state index in [9.17, 15) is 0 Å². The first-order valence-corrected chi connectivity index (χ1v) is 8.90. The molecule has 3 aromatic rings. The van der Waals surface area contributed by atoms with Crippen LogP contribution >= 0.6 is 0 Å². The summed E-state index contributed by atoms with van der Waals surface area (Å²) in [5.41, 5.74) is 3.60. The summed E-state index contributed by atoms with van der Waals surface area (Å²) in [6.07, 6.45) is 2.73. The largest absolute Gasteiger partial charge is 0.355 e. The Morgan fingerprint density at radius 3 is 2.68 bits per heavy atom. The van der Waals surface area contributed by atoms with Crippen LogP contribution in [0, 0.1) is 13.8 Å². The summed E-state index contributed by atoms with van der Waals surface area (Å²) >= 11 is 0. The van der Waals surface area contributed by atoms with Crippen LogP contribution in [-0.4, -0.2) is 50.7 Å². The number of hydrogen-bond acceptors (Lipinski definition) is 5. The van der Waals surface area contributed by atoms with Gasteiger partial charge in [-0.15, -0.1) is 0 Å². The van der Waals surface area contributed by atoms with Crippen molar-refractivity contribution in [1.82, 2.24) is 24.5 Å². The van der Waals surface area contributed by atoms with E-state index in [0.29, 0.717) is 5.78 Å². The van der Waals surface area contributed by atoms with Crippen LogP contribution in [0.5, 0.6) is 0 Å². The summed E-state index contributed by atoms with van der Waals surface area (Å²) in [6, 6.07) is 10.7. The molecule has 1 saturated heterocycles. The van der Waals surface area contributed by atoms with Gasteiger partial charge >= 0.3 is 0 Å². The molecular weight excluding hydrogens is 312 g/mol. The topological polar surface area (TPSA) is 49.6 Å². The summed E-state index contributed by atoms with van der Waals surface area (Å²) in [5, 5.41) is 4.40. The number of hydrogen-bond donors (Lipinski definition) is 0. The van der Waals surface area contributed by atoms with Gasteiger partial charge < -0.3 is 4.90 Å². The number of rotatable bonds is 3. The van der Waals surface area contributed by atoms with Gasteiger partial charge in [-0.25, -0.2) is 4.98 Å². The highest BCUT2D eigenvalue weighted by molar-refractivity contribution is 5.54. The van der Waals surface area contributed by atoms with Gasteiger partial charge in [0.05, 0.1) is 0 Å². The van der Waals surface area contributed by atoms with Crippen molar-refractivity contribution in [2.45, 2.75) is 26.8 Å². The second-order valence-electron chi connectivity index (χ2n) is 6.72. The molecule has 0 aliphatic carbocycles. The minimum absolute atomic E-state index is 0.684. The van der Waals surface area contributed by atoms with E-state index in [1.54, 1.807) is 6.33 Å². The highest BCUT2D eigenvalue weighted by Gasteiger charge is 2.21. The zero-order valence-corrected chi connectivity index (χ0v) is 14.9. The average Bonchev–Trinajstić information content (AvgIpc) is 2.95. The van der Waals surface area contributed by atoms with Gasteiger partial charge in [0.1, 0.15) is 12.1 Å². The maximum absolute atomic E-state index is 4.54. The van der Waals surface area contributed by atoms with Crippen molar-refractivity contribution in [3.8, 4) is 0 Å². The third-order valence-electron chi connectivity index (χ3n) is 5.01. The maximum atomic E-state index is 4.54. The van der Waals surface area contributed by atoms with Gasteiger partial charge in [0.2, 0.25) is 0 Å². The van der Waals surface area contributed by atoms with E-state index >= 15 is 0 Å². The van der Waals surface area contributed by atoms with Crippen LogP contribution in [0.15, 0.2) is 36.7 Å². The number of nitrogens with zero attached hydrogens (tertiary/aromatic N) is 6. The predicted octanol–water partition coefficient (Wildman–Crippen LogP) is 2.45. The molecule has 0 unspecified atom stereocenters. The molecule has 1 aromatic carbocycles. The standard InChI is InChI=1S/C19H24N6/c1-15-16(2)22-19-20-14-21-25(19)18(15)24-10-6-9-23(11-12-24)13-17-7-4-3-5-8-17/h3-5,7-8,14H,6,9-13H2,1-2H3. The quantitative estimate of drug-likeness (QED) is 0.735. The van der Waals surface area contributed by atoms with Gasteiger partial charge in [0.15, 0.2) is 0 Å². The monoisotopic (exact) mass is 336 g/mol. The zero-order valence-electron chi connectivity index (χ0n) is 14.9. The number of benzene rings is 1. The van der Waals surface area contributed by atoms with Crippen molar-refractivity contribution < 1.29 is 0 Å². The van der Waals surface area contributed by atoms with E-state index in [-0.39, 0.29) is 0 Å². The Morgan fingerprint density at radius 1 is 1.00 bits per heavy atom. The van der Waals surface area contributed by atoms with Gasteiger partial charge in [-0.05, 0) is 25.8 Å². The molecule has 0 saturated carbocycles.